The minimum Gasteiger partial charge on any atom is -0.340 e. The van der Waals surface area contributed by atoms with E-state index in [1.807, 2.05) is 34.1 Å². The van der Waals surface area contributed by atoms with E-state index in [9.17, 15) is 9.59 Å². The van der Waals surface area contributed by atoms with Gasteiger partial charge in [0.05, 0.1) is 23.7 Å². The molecule has 2 aliphatic rings. The molecule has 1 aromatic carbocycles. The number of likely N-dealkylation sites (tertiary alicyclic amines) is 1. The minimum atomic E-state index is -0.00568. The first-order valence-corrected chi connectivity index (χ1v) is 8.46. The number of hydrogen-bond acceptors (Lipinski definition) is 3. The summed E-state index contributed by atoms with van der Waals surface area (Å²) in [4.78, 5) is 28.3. The number of nitrogens with one attached hydrogen (secondary N) is 2. The van der Waals surface area contributed by atoms with Crippen molar-refractivity contribution in [3.05, 3.63) is 30.0 Å². The molecular formula is C17H21N5O2. The van der Waals surface area contributed by atoms with Gasteiger partial charge in [0.1, 0.15) is 0 Å². The van der Waals surface area contributed by atoms with E-state index in [2.05, 4.69) is 15.5 Å². The number of aromatic amines is 1. The van der Waals surface area contributed by atoms with E-state index in [1.165, 1.54) is 0 Å². The van der Waals surface area contributed by atoms with Gasteiger partial charge in [-0.15, -0.1) is 0 Å². The number of piperidine rings is 1. The SMILES string of the molecule is O=C(Cc1[nH]nc2ccccc12)N1CCCC(N2CCNC2=O)C1. The average Bonchev–Trinajstić information content (AvgIpc) is 3.22. The number of carbonyl (C=O) groups excluding carboxylic acids is 2. The molecule has 0 radical (unpaired) electrons. The number of para-hydroxylation sites is 1. The van der Waals surface area contributed by atoms with Gasteiger partial charge >= 0.3 is 6.03 Å². The first-order valence-electron chi connectivity index (χ1n) is 8.46. The van der Waals surface area contributed by atoms with Crippen LogP contribution in [0.25, 0.3) is 10.9 Å². The summed E-state index contributed by atoms with van der Waals surface area (Å²) in [5, 5.41) is 11.1. The van der Waals surface area contributed by atoms with E-state index in [0.717, 1.165) is 42.5 Å². The van der Waals surface area contributed by atoms with Crippen LogP contribution in [0.15, 0.2) is 24.3 Å². The molecule has 2 fully saturated rings. The van der Waals surface area contributed by atoms with Crippen LogP contribution in [0.2, 0.25) is 0 Å². The van der Waals surface area contributed by atoms with Gasteiger partial charge in [0.15, 0.2) is 0 Å². The van der Waals surface area contributed by atoms with E-state index in [4.69, 9.17) is 0 Å². The first-order chi connectivity index (χ1) is 11.7. The molecule has 0 bridgehead atoms. The third-order valence-electron chi connectivity index (χ3n) is 4.95. The average molecular weight is 327 g/mol. The van der Waals surface area contributed by atoms with Crippen LogP contribution in [0, 0.1) is 0 Å². The second-order valence-electron chi connectivity index (χ2n) is 6.46. The van der Waals surface area contributed by atoms with Crippen LogP contribution in [0.1, 0.15) is 18.5 Å². The predicted octanol–water partition coefficient (Wildman–Crippen LogP) is 1.12. The standard InChI is InChI=1S/C17H21N5O2/c23-16(10-15-13-5-1-2-6-14(13)19-20-15)21-8-3-4-12(11-21)22-9-7-18-17(22)24/h1-2,5-6,12H,3-4,7-11H2,(H,18,24)(H,19,20). The molecule has 3 heterocycles. The molecule has 0 saturated carbocycles. The third-order valence-corrected chi connectivity index (χ3v) is 4.95. The van der Waals surface area contributed by atoms with Gasteiger partial charge in [-0.3, -0.25) is 9.89 Å². The molecule has 7 heteroatoms. The van der Waals surface area contributed by atoms with Crippen molar-refractivity contribution in [2.75, 3.05) is 26.2 Å². The molecule has 2 N–H and O–H groups in total. The molecule has 1 unspecified atom stereocenters. The number of amides is 3. The summed E-state index contributed by atoms with van der Waals surface area (Å²) in [6.45, 7) is 2.81. The highest BCUT2D eigenvalue weighted by Crippen LogP contribution is 2.20. The number of nitrogens with zero attached hydrogens (tertiary/aromatic N) is 3. The summed E-state index contributed by atoms with van der Waals surface area (Å²) in [7, 11) is 0. The van der Waals surface area contributed by atoms with Crippen molar-refractivity contribution in [2.45, 2.75) is 25.3 Å². The van der Waals surface area contributed by atoms with Gasteiger partial charge in [0.25, 0.3) is 0 Å². The number of benzene rings is 1. The fourth-order valence-electron chi connectivity index (χ4n) is 3.68. The Hall–Kier alpha value is -2.57. The van der Waals surface area contributed by atoms with E-state index in [1.54, 1.807) is 0 Å². The summed E-state index contributed by atoms with van der Waals surface area (Å²) < 4.78 is 0. The van der Waals surface area contributed by atoms with E-state index in [-0.39, 0.29) is 18.0 Å². The van der Waals surface area contributed by atoms with Crippen LogP contribution in [0.4, 0.5) is 4.79 Å². The van der Waals surface area contributed by atoms with Crippen LogP contribution in [-0.4, -0.2) is 64.2 Å². The Kier molecular flexibility index (Phi) is 3.84. The monoisotopic (exact) mass is 327 g/mol. The Morgan fingerprint density at radius 2 is 2.17 bits per heavy atom. The zero-order chi connectivity index (χ0) is 16.5. The maximum absolute atomic E-state index is 12.7. The molecular weight excluding hydrogens is 306 g/mol. The van der Waals surface area contributed by atoms with Crippen molar-refractivity contribution in [1.29, 1.82) is 0 Å². The maximum atomic E-state index is 12.7. The van der Waals surface area contributed by atoms with Crippen molar-refractivity contribution in [3.63, 3.8) is 0 Å². The molecule has 1 aromatic heterocycles. The first kappa shape index (κ1) is 15.0. The maximum Gasteiger partial charge on any atom is 0.317 e. The second-order valence-corrected chi connectivity index (χ2v) is 6.46. The largest absolute Gasteiger partial charge is 0.340 e. The number of H-pyrrole nitrogens is 1. The van der Waals surface area contributed by atoms with Gasteiger partial charge in [-0.05, 0) is 18.9 Å². The van der Waals surface area contributed by atoms with Gasteiger partial charge in [0.2, 0.25) is 5.91 Å². The molecule has 2 saturated heterocycles. The summed E-state index contributed by atoms with van der Waals surface area (Å²) in [5.41, 5.74) is 1.74. The van der Waals surface area contributed by atoms with E-state index in [0.29, 0.717) is 19.5 Å². The lowest BCUT2D eigenvalue weighted by molar-refractivity contribution is -0.132. The number of urea groups is 1. The molecule has 4 rings (SSSR count). The van der Waals surface area contributed by atoms with Crippen LogP contribution >= 0.6 is 0 Å². The Bertz CT molecular complexity index is 771. The summed E-state index contributed by atoms with van der Waals surface area (Å²) >= 11 is 0. The lowest BCUT2D eigenvalue weighted by atomic mass is 10.0. The Morgan fingerprint density at radius 3 is 3.00 bits per heavy atom. The molecule has 0 spiro atoms. The van der Waals surface area contributed by atoms with Gasteiger partial charge in [-0.25, -0.2) is 4.79 Å². The van der Waals surface area contributed by atoms with Gasteiger partial charge in [-0.1, -0.05) is 18.2 Å². The molecule has 2 aliphatic heterocycles. The normalized spacial score (nSPS) is 21.3. The summed E-state index contributed by atoms with van der Waals surface area (Å²) in [6.07, 6.45) is 2.22. The zero-order valence-electron chi connectivity index (χ0n) is 13.5. The Morgan fingerprint density at radius 1 is 1.29 bits per heavy atom. The van der Waals surface area contributed by atoms with E-state index >= 15 is 0 Å². The smallest absolute Gasteiger partial charge is 0.317 e. The Labute approximate surface area is 140 Å². The summed E-state index contributed by atoms with van der Waals surface area (Å²) in [5.74, 6) is 0.0914. The van der Waals surface area contributed by atoms with Gasteiger partial charge in [0, 0.05) is 31.6 Å². The zero-order valence-corrected chi connectivity index (χ0v) is 13.5. The van der Waals surface area contributed by atoms with Crippen LogP contribution in [0.3, 0.4) is 0 Å². The van der Waals surface area contributed by atoms with Crippen molar-refractivity contribution < 1.29 is 9.59 Å². The molecule has 1 atom stereocenters. The number of fused-ring (bicyclic) bond motifs is 1. The quantitative estimate of drug-likeness (QED) is 0.886. The van der Waals surface area contributed by atoms with Crippen molar-refractivity contribution in [2.24, 2.45) is 0 Å². The fourth-order valence-corrected chi connectivity index (χ4v) is 3.68. The minimum absolute atomic E-state index is 0.00568. The third kappa shape index (κ3) is 2.70. The highest BCUT2D eigenvalue weighted by atomic mass is 16.2. The number of carbonyl (C=O) groups is 2. The number of rotatable bonds is 3. The van der Waals surface area contributed by atoms with Crippen LogP contribution < -0.4 is 5.32 Å². The molecule has 24 heavy (non-hydrogen) atoms. The second kappa shape index (κ2) is 6.14. The fraction of sp³-hybridized carbons (Fsp3) is 0.471. The Balaban J connectivity index is 1.45. The van der Waals surface area contributed by atoms with Gasteiger partial charge < -0.3 is 15.1 Å². The number of hydrogen-bond donors (Lipinski definition) is 2. The van der Waals surface area contributed by atoms with Gasteiger partial charge in [-0.2, -0.15) is 5.10 Å². The topological polar surface area (TPSA) is 81.3 Å². The molecule has 0 aliphatic carbocycles. The van der Waals surface area contributed by atoms with Crippen molar-refractivity contribution in [1.82, 2.24) is 25.3 Å². The lowest BCUT2D eigenvalue weighted by Crippen LogP contribution is -2.51. The molecule has 3 amide bonds. The number of aromatic nitrogens is 2. The van der Waals surface area contributed by atoms with Crippen LogP contribution in [0.5, 0.6) is 0 Å². The highest BCUT2D eigenvalue weighted by Gasteiger charge is 2.32. The lowest BCUT2D eigenvalue weighted by Gasteiger charge is -2.37. The summed E-state index contributed by atoms with van der Waals surface area (Å²) in [6, 6.07) is 7.93. The van der Waals surface area contributed by atoms with Crippen LogP contribution in [-0.2, 0) is 11.2 Å². The highest BCUT2D eigenvalue weighted by molar-refractivity contribution is 5.87. The predicted molar refractivity (Wildman–Crippen MR) is 89.5 cm³/mol. The van der Waals surface area contributed by atoms with E-state index < -0.39 is 0 Å². The van der Waals surface area contributed by atoms with Crippen molar-refractivity contribution in [3.8, 4) is 0 Å². The van der Waals surface area contributed by atoms with Crippen molar-refractivity contribution >= 4 is 22.8 Å². The molecule has 2 aromatic rings. The molecule has 7 nitrogen and oxygen atoms in total. The molecule has 126 valence electrons.